The zero-order chi connectivity index (χ0) is 15.2. The van der Waals surface area contributed by atoms with Crippen LogP contribution in [0.2, 0.25) is 0 Å². The minimum Gasteiger partial charge on any atom is -0.277 e. The molecule has 1 aromatic rings. The topological polar surface area (TPSA) is 113 Å². The number of hydrogen-bond donors (Lipinski definition) is 2. The summed E-state index contributed by atoms with van der Waals surface area (Å²) in [4.78, 5) is 11.2. The third-order valence-electron chi connectivity index (χ3n) is 2.95. The normalized spacial score (nSPS) is 16.8. The minimum atomic E-state index is -0.243. The molecule has 2 N–H and O–H groups in total. The molecule has 21 heavy (non-hydrogen) atoms. The van der Waals surface area contributed by atoms with Crippen LogP contribution in [-0.2, 0) is 4.79 Å². The lowest BCUT2D eigenvalue weighted by atomic mass is 9.94. The third-order valence-corrected chi connectivity index (χ3v) is 2.95. The van der Waals surface area contributed by atoms with E-state index in [9.17, 15) is 4.79 Å². The molecule has 7 heteroatoms. The maximum Gasteiger partial charge on any atom is 0.240 e. The van der Waals surface area contributed by atoms with E-state index in [1.165, 1.54) is 0 Å². The summed E-state index contributed by atoms with van der Waals surface area (Å²) in [5.41, 5.74) is 7.22. The van der Waals surface area contributed by atoms with Crippen LogP contribution in [0.15, 0.2) is 34.5 Å². The van der Waals surface area contributed by atoms with Gasteiger partial charge >= 0.3 is 0 Å². The average Bonchev–Trinajstić information content (AvgIpc) is 2.49. The first-order valence-corrected chi connectivity index (χ1v) is 6.24. The van der Waals surface area contributed by atoms with E-state index in [1.807, 2.05) is 19.1 Å². The first kappa shape index (κ1) is 14.2. The molecule has 0 spiro atoms. The zero-order valence-electron chi connectivity index (χ0n) is 11.3. The van der Waals surface area contributed by atoms with Crippen molar-refractivity contribution in [3.8, 4) is 12.1 Å². The molecule has 1 aromatic carbocycles. The van der Waals surface area contributed by atoms with Crippen LogP contribution in [0.4, 0.5) is 5.69 Å². The minimum absolute atomic E-state index is 0.0550. The first-order valence-electron chi connectivity index (χ1n) is 6.24. The largest absolute Gasteiger partial charge is 0.277 e. The molecule has 2 rings (SSSR count). The highest BCUT2D eigenvalue weighted by Crippen LogP contribution is 2.18. The van der Waals surface area contributed by atoms with Crippen LogP contribution < -0.4 is 10.9 Å². The van der Waals surface area contributed by atoms with E-state index in [2.05, 4.69) is 21.1 Å². The van der Waals surface area contributed by atoms with Gasteiger partial charge in [-0.3, -0.25) is 10.2 Å². The van der Waals surface area contributed by atoms with Crippen molar-refractivity contribution in [1.29, 1.82) is 10.5 Å². The van der Waals surface area contributed by atoms with Gasteiger partial charge in [-0.25, -0.2) is 5.43 Å². The highest BCUT2D eigenvalue weighted by atomic mass is 16.2. The van der Waals surface area contributed by atoms with Gasteiger partial charge in [-0.05, 0) is 17.7 Å². The van der Waals surface area contributed by atoms with Crippen molar-refractivity contribution in [1.82, 2.24) is 5.43 Å². The van der Waals surface area contributed by atoms with E-state index in [0.717, 1.165) is 11.3 Å². The second kappa shape index (κ2) is 6.31. The quantitative estimate of drug-likeness (QED) is 0.642. The molecule has 0 bridgehead atoms. The molecular weight excluding hydrogens is 268 g/mol. The number of nitrogens with zero attached hydrogens (tertiary/aromatic N) is 4. The molecule has 0 saturated heterocycles. The van der Waals surface area contributed by atoms with Gasteiger partial charge in [0, 0.05) is 12.3 Å². The van der Waals surface area contributed by atoms with Gasteiger partial charge in [0.05, 0.1) is 11.4 Å². The number of hydrogen-bond acceptors (Lipinski definition) is 6. The molecule has 0 aliphatic carbocycles. The Morgan fingerprint density at radius 1 is 1.38 bits per heavy atom. The Labute approximate surface area is 121 Å². The number of amides is 1. The fraction of sp³-hybridized carbons (Fsp3) is 0.214. The Bertz CT molecular complexity index is 674. The summed E-state index contributed by atoms with van der Waals surface area (Å²) in [6.07, 6.45) is 0.414. The van der Waals surface area contributed by atoms with Crippen molar-refractivity contribution in [2.24, 2.45) is 16.1 Å². The van der Waals surface area contributed by atoms with Gasteiger partial charge in [-0.1, -0.05) is 19.1 Å². The van der Waals surface area contributed by atoms with Crippen molar-refractivity contribution >= 4 is 23.0 Å². The molecule has 1 atom stereocenters. The standard InChI is InChI=1S/C14H12N6O/c1-9-6-13(21)19-20-14(9)10-2-4-11(5-3-10)17-18-12(7-15)8-16/h2-5,9,17H,6H2,1H3,(H,19,21)/t9-/m0/s1. The molecule has 1 amide bonds. The highest BCUT2D eigenvalue weighted by molar-refractivity contribution is 6.10. The predicted octanol–water partition coefficient (Wildman–Crippen LogP) is 1.36. The van der Waals surface area contributed by atoms with E-state index < -0.39 is 0 Å². The van der Waals surface area contributed by atoms with Crippen LogP contribution in [0.1, 0.15) is 18.9 Å². The Morgan fingerprint density at radius 3 is 2.62 bits per heavy atom. The summed E-state index contributed by atoms with van der Waals surface area (Å²) in [6.45, 7) is 1.94. The number of carbonyl (C=O) groups is 1. The molecule has 7 nitrogen and oxygen atoms in total. The zero-order valence-corrected chi connectivity index (χ0v) is 11.3. The molecule has 0 fully saturated rings. The van der Waals surface area contributed by atoms with E-state index in [-0.39, 0.29) is 17.5 Å². The summed E-state index contributed by atoms with van der Waals surface area (Å²) in [5, 5.41) is 24.9. The SMILES string of the molecule is C[C@H]1CC(=O)NN=C1c1ccc(NN=C(C#N)C#N)cc1. The van der Waals surface area contributed by atoms with Gasteiger partial charge in [0.15, 0.2) is 0 Å². The van der Waals surface area contributed by atoms with Gasteiger partial charge in [0.25, 0.3) is 0 Å². The Balaban J connectivity index is 2.13. The summed E-state index contributed by atoms with van der Waals surface area (Å²) < 4.78 is 0. The number of nitriles is 2. The van der Waals surface area contributed by atoms with Crippen LogP contribution in [0.3, 0.4) is 0 Å². The maximum atomic E-state index is 11.2. The summed E-state index contributed by atoms with van der Waals surface area (Å²) in [6, 6.07) is 10.5. The van der Waals surface area contributed by atoms with Crippen LogP contribution in [0.5, 0.6) is 0 Å². The monoisotopic (exact) mass is 280 g/mol. The van der Waals surface area contributed by atoms with Crippen molar-refractivity contribution in [3.63, 3.8) is 0 Å². The van der Waals surface area contributed by atoms with Gasteiger partial charge in [0.1, 0.15) is 12.1 Å². The second-order valence-electron chi connectivity index (χ2n) is 4.51. The van der Waals surface area contributed by atoms with Crippen molar-refractivity contribution in [3.05, 3.63) is 29.8 Å². The van der Waals surface area contributed by atoms with Crippen molar-refractivity contribution in [2.45, 2.75) is 13.3 Å². The van der Waals surface area contributed by atoms with E-state index >= 15 is 0 Å². The third kappa shape index (κ3) is 3.43. The number of benzene rings is 1. The number of nitrogens with one attached hydrogen (secondary N) is 2. The molecule has 0 saturated carbocycles. The Kier molecular flexibility index (Phi) is 4.27. The van der Waals surface area contributed by atoms with Gasteiger partial charge in [0.2, 0.25) is 11.6 Å². The lowest BCUT2D eigenvalue weighted by Gasteiger charge is -2.19. The highest BCUT2D eigenvalue weighted by Gasteiger charge is 2.21. The molecule has 1 heterocycles. The van der Waals surface area contributed by atoms with Crippen molar-refractivity contribution in [2.75, 3.05) is 5.43 Å². The summed E-state index contributed by atoms with van der Waals surface area (Å²) in [5.74, 6) is -0.0289. The van der Waals surface area contributed by atoms with Crippen LogP contribution in [0, 0.1) is 28.6 Å². The smallest absolute Gasteiger partial charge is 0.240 e. The van der Waals surface area contributed by atoms with Crippen molar-refractivity contribution < 1.29 is 4.79 Å². The predicted molar refractivity (Wildman–Crippen MR) is 77.2 cm³/mol. The first-order chi connectivity index (χ1) is 10.1. The maximum absolute atomic E-state index is 11.2. The van der Waals surface area contributed by atoms with Crippen LogP contribution in [0.25, 0.3) is 0 Å². The fourth-order valence-electron chi connectivity index (χ4n) is 1.91. The van der Waals surface area contributed by atoms with Crippen LogP contribution >= 0.6 is 0 Å². The number of carbonyl (C=O) groups excluding carboxylic acids is 1. The summed E-state index contributed by atoms with van der Waals surface area (Å²) >= 11 is 0. The van der Waals surface area contributed by atoms with E-state index in [4.69, 9.17) is 10.5 Å². The molecule has 1 aliphatic rings. The van der Waals surface area contributed by atoms with Gasteiger partial charge in [-0.15, -0.1) is 0 Å². The number of anilines is 1. The van der Waals surface area contributed by atoms with Gasteiger partial charge in [-0.2, -0.15) is 20.7 Å². The average molecular weight is 280 g/mol. The van der Waals surface area contributed by atoms with Crippen LogP contribution in [-0.4, -0.2) is 17.3 Å². The molecular formula is C14H12N6O. The van der Waals surface area contributed by atoms with E-state index in [0.29, 0.717) is 12.1 Å². The Hall–Kier alpha value is -3.19. The Morgan fingerprint density at radius 2 is 2.05 bits per heavy atom. The fourth-order valence-corrected chi connectivity index (χ4v) is 1.91. The summed E-state index contributed by atoms with van der Waals surface area (Å²) in [7, 11) is 0. The lowest BCUT2D eigenvalue weighted by Crippen LogP contribution is -2.31. The molecule has 0 aromatic heterocycles. The lowest BCUT2D eigenvalue weighted by molar-refractivity contribution is -0.121. The molecule has 0 unspecified atom stereocenters. The number of hydrazone groups is 2. The molecule has 1 aliphatic heterocycles. The van der Waals surface area contributed by atoms with Gasteiger partial charge < -0.3 is 0 Å². The molecule has 0 radical (unpaired) electrons. The molecule has 104 valence electrons. The van der Waals surface area contributed by atoms with E-state index in [1.54, 1.807) is 24.3 Å². The second-order valence-corrected chi connectivity index (χ2v) is 4.51. The number of rotatable bonds is 3.